The van der Waals surface area contributed by atoms with E-state index in [1.54, 1.807) is 29.4 Å². The van der Waals surface area contributed by atoms with Gasteiger partial charge in [-0.25, -0.2) is 9.97 Å². The van der Waals surface area contributed by atoms with Crippen molar-refractivity contribution in [3.05, 3.63) is 76.6 Å². The van der Waals surface area contributed by atoms with Crippen molar-refractivity contribution < 1.29 is 4.74 Å². The van der Waals surface area contributed by atoms with Crippen molar-refractivity contribution in [3.63, 3.8) is 0 Å². The van der Waals surface area contributed by atoms with Crippen LogP contribution < -0.4 is 5.56 Å². The first-order valence-corrected chi connectivity index (χ1v) is 9.74. The van der Waals surface area contributed by atoms with Crippen LogP contribution >= 0.6 is 11.6 Å². The molecule has 0 spiro atoms. The Bertz CT molecular complexity index is 1230. The molecular weight excluding hydrogens is 388 g/mol. The van der Waals surface area contributed by atoms with Gasteiger partial charge in [0.1, 0.15) is 5.52 Å². The van der Waals surface area contributed by atoms with E-state index in [0.717, 1.165) is 17.5 Å². The van der Waals surface area contributed by atoms with Gasteiger partial charge in [-0.1, -0.05) is 23.7 Å². The van der Waals surface area contributed by atoms with Gasteiger partial charge in [-0.15, -0.1) is 0 Å². The largest absolute Gasteiger partial charge is 0.379 e. The molecule has 1 aliphatic heterocycles. The second-order valence-electron chi connectivity index (χ2n) is 6.98. The highest BCUT2D eigenvalue weighted by Crippen LogP contribution is 2.29. The normalized spacial score (nSPS) is 16.4. The Morgan fingerprint density at radius 1 is 1.14 bits per heavy atom. The predicted molar refractivity (Wildman–Crippen MR) is 112 cm³/mol. The summed E-state index contributed by atoms with van der Waals surface area (Å²) in [7, 11) is 0. The molecule has 7 heteroatoms. The number of ether oxygens (including phenoxy) is 1. The number of fused-ring (bicyclic) bond motifs is 1. The summed E-state index contributed by atoms with van der Waals surface area (Å²) in [5.74, 6) is 0. The average Bonchev–Trinajstić information content (AvgIpc) is 3.29. The Kier molecular flexibility index (Phi) is 4.58. The molecule has 4 heterocycles. The summed E-state index contributed by atoms with van der Waals surface area (Å²) in [6, 6.07) is 13.0. The Balaban J connectivity index is 1.78. The third-order valence-electron chi connectivity index (χ3n) is 5.14. The highest BCUT2D eigenvalue weighted by molar-refractivity contribution is 6.30. The summed E-state index contributed by atoms with van der Waals surface area (Å²) < 4.78 is 7.13. The Hall–Kier alpha value is -3.09. The zero-order valence-electron chi connectivity index (χ0n) is 15.5. The van der Waals surface area contributed by atoms with Gasteiger partial charge in [-0.2, -0.15) is 0 Å². The van der Waals surface area contributed by atoms with Gasteiger partial charge in [0.2, 0.25) is 0 Å². The monoisotopic (exact) mass is 404 g/mol. The van der Waals surface area contributed by atoms with Gasteiger partial charge in [0.05, 0.1) is 35.8 Å². The van der Waals surface area contributed by atoms with E-state index in [4.69, 9.17) is 21.3 Å². The first kappa shape index (κ1) is 18.0. The first-order chi connectivity index (χ1) is 14.2. The summed E-state index contributed by atoms with van der Waals surface area (Å²) >= 11 is 6.04. The zero-order chi connectivity index (χ0) is 19.8. The molecule has 0 bridgehead atoms. The second kappa shape index (κ2) is 7.39. The number of halogens is 1. The fourth-order valence-electron chi connectivity index (χ4n) is 3.62. The fourth-order valence-corrected chi connectivity index (χ4v) is 3.74. The van der Waals surface area contributed by atoms with E-state index in [2.05, 4.69) is 9.97 Å². The minimum absolute atomic E-state index is 0.00777. The van der Waals surface area contributed by atoms with E-state index >= 15 is 0 Å². The molecule has 0 amide bonds. The molecule has 1 atom stereocenters. The Morgan fingerprint density at radius 3 is 2.72 bits per heavy atom. The van der Waals surface area contributed by atoms with Crippen molar-refractivity contribution >= 4 is 22.5 Å². The average molecular weight is 405 g/mol. The van der Waals surface area contributed by atoms with E-state index < -0.39 is 0 Å². The molecule has 144 valence electrons. The van der Waals surface area contributed by atoms with E-state index in [0.29, 0.717) is 40.5 Å². The second-order valence-corrected chi connectivity index (χ2v) is 7.41. The third-order valence-corrected chi connectivity index (χ3v) is 5.39. The van der Waals surface area contributed by atoms with Gasteiger partial charge < -0.3 is 4.74 Å². The smallest absolute Gasteiger partial charge is 0.261 e. The molecule has 1 aromatic carbocycles. The molecule has 5 rings (SSSR count). The standard InChI is InChI=1S/C22H17ClN4O2/c23-16-5-3-14(4-6-16)19-10-18-21(20(26-19)15-2-1-8-24-11-15)25-13-27(22(18)28)17-7-9-29-12-17/h1-6,8,10-11,13,17H,7,9,12H2/t17-/m0/s1. The number of hydrogen-bond acceptors (Lipinski definition) is 5. The summed E-state index contributed by atoms with van der Waals surface area (Å²) in [5.41, 5.74) is 3.48. The predicted octanol–water partition coefficient (Wildman–Crippen LogP) is 4.14. The van der Waals surface area contributed by atoms with Crippen LogP contribution in [0.2, 0.25) is 5.02 Å². The van der Waals surface area contributed by atoms with Crippen LogP contribution in [0, 0.1) is 0 Å². The fraction of sp³-hybridized carbons (Fsp3) is 0.182. The Morgan fingerprint density at radius 2 is 2.00 bits per heavy atom. The van der Waals surface area contributed by atoms with Gasteiger partial charge in [0, 0.05) is 35.2 Å². The van der Waals surface area contributed by atoms with Crippen molar-refractivity contribution in [2.45, 2.75) is 12.5 Å². The topological polar surface area (TPSA) is 69.9 Å². The number of benzene rings is 1. The van der Waals surface area contributed by atoms with Crippen LogP contribution in [0.3, 0.4) is 0 Å². The summed E-state index contributed by atoms with van der Waals surface area (Å²) in [6.45, 7) is 1.18. The lowest BCUT2D eigenvalue weighted by molar-refractivity contribution is 0.186. The lowest BCUT2D eigenvalue weighted by atomic mass is 10.1. The highest BCUT2D eigenvalue weighted by atomic mass is 35.5. The molecule has 1 fully saturated rings. The summed E-state index contributed by atoms with van der Waals surface area (Å²) in [6.07, 6.45) is 5.84. The van der Waals surface area contributed by atoms with Crippen molar-refractivity contribution in [2.24, 2.45) is 0 Å². The quantitative estimate of drug-likeness (QED) is 0.513. The maximum Gasteiger partial charge on any atom is 0.261 e. The molecule has 29 heavy (non-hydrogen) atoms. The highest BCUT2D eigenvalue weighted by Gasteiger charge is 2.21. The van der Waals surface area contributed by atoms with Crippen LogP contribution in [-0.2, 0) is 4.74 Å². The summed E-state index contributed by atoms with van der Waals surface area (Å²) in [4.78, 5) is 27.0. The molecule has 0 aliphatic carbocycles. The van der Waals surface area contributed by atoms with Gasteiger partial charge >= 0.3 is 0 Å². The number of pyridine rings is 2. The van der Waals surface area contributed by atoms with E-state index in [1.807, 2.05) is 36.4 Å². The van der Waals surface area contributed by atoms with Crippen molar-refractivity contribution in [3.8, 4) is 22.5 Å². The zero-order valence-corrected chi connectivity index (χ0v) is 16.2. The molecular formula is C22H17ClN4O2. The Labute approximate surface area is 171 Å². The molecule has 0 unspecified atom stereocenters. The molecule has 0 saturated carbocycles. The summed E-state index contributed by atoms with van der Waals surface area (Å²) in [5, 5.41) is 1.17. The molecule has 0 N–H and O–H groups in total. The van der Waals surface area contributed by atoms with Crippen LogP contribution in [-0.4, -0.2) is 32.7 Å². The maximum absolute atomic E-state index is 13.3. The molecule has 1 aliphatic rings. The third kappa shape index (κ3) is 3.30. The lowest BCUT2D eigenvalue weighted by Crippen LogP contribution is -2.25. The van der Waals surface area contributed by atoms with Crippen molar-refractivity contribution in [1.82, 2.24) is 19.5 Å². The van der Waals surface area contributed by atoms with Gasteiger partial charge in [0.15, 0.2) is 0 Å². The molecule has 3 aromatic heterocycles. The number of rotatable bonds is 3. The number of hydrogen-bond donors (Lipinski definition) is 0. The van der Waals surface area contributed by atoms with E-state index in [9.17, 15) is 4.79 Å². The molecule has 1 saturated heterocycles. The van der Waals surface area contributed by atoms with E-state index in [1.165, 1.54) is 0 Å². The van der Waals surface area contributed by atoms with Crippen LogP contribution in [0.1, 0.15) is 12.5 Å². The van der Waals surface area contributed by atoms with Crippen LogP contribution in [0.15, 0.2) is 66.0 Å². The number of nitrogens with zero attached hydrogens (tertiary/aromatic N) is 4. The minimum Gasteiger partial charge on any atom is -0.379 e. The lowest BCUT2D eigenvalue weighted by Gasteiger charge is -2.14. The van der Waals surface area contributed by atoms with Crippen molar-refractivity contribution in [1.29, 1.82) is 0 Å². The van der Waals surface area contributed by atoms with Crippen LogP contribution in [0.4, 0.5) is 0 Å². The van der Waals surface area contributed by atoms with Crippen LogP contribution in [0.25, 0.3) is 33.4 Å². The number of aromatic nitrogens is 4. The van der Waals surface area contributed by atoms with Crippen LogP contribution in [0.5, 0.6) is 0 Å². The van der Waals surface area contributed by atoms with Gasteiger partial charge in [-0.05, 0) is 36.8 Å². The van der Waals surface area contributed by atoms with Crippen molar-refractivity contribution in [2.75, 3.05) is 13.2 Å². The first-order valence-electron chi connectivity index (χ1n) is 9.37. The van der Waals surface area contributed by atoms with E-state index in [-0.39, 0.29) is 11.6 Å². The maximum atomic E-state index is 13.3. The van der Waals surface area contributed by atoms with Gasteiger partial charge in [-0.3, -0.25) is 14.3 Å². The SMILES string of the molecule is O=c1c2cc(-c3ccc(Cl)cc3)nc(-c3cccnc3)c2ncn1[C@H]1CCOC1. The molecule has 6 nitrogen and oxygen atoms in total. The van der Waals surface area contributed by atoms with Gasteiger partial charge in [0.25, 0.3) is 5.56 Å². The minimum atomic E-state index is -0.0896. The molecule has 0 radical (unpaired) electrons. The molecule has 4 aromatic rings.